The number of anilines is 1. The highest BCUT2D eigenvalue weighted by Gasteiger charge is 2.18. The molecule has 0 saturated heterocycles. The number of likely N-dealkylation sites (N-methyl/N-ethyl adjacent to an activating group) is 1. The first-order valence-electron chi connectivity index (χ1n) is 5.50. The Bertz CT molecular complexity index is 346. The number of rotatable bonds is 5. The number of amides is 1. The quantitative estimate of drug-likeness (QED) is 0.784. The third-order valence-corrected chi connectivity index (χ3v) is 2.44. The van der Waals surface area contributed by atoms with Crippen molar-refractivity contribution in [3.05, 3.63) is 12.3 Å². The Hall–Kier alpha value is -1.36. The number of carbonyl (C=O) groups is 1. The molecule has 0 aliphatic carbocycles. The van der Waals surface area contributed by atoms with Crippen LogP contribution in [0.25, 0.3) is 0 Å². The summed E-state index contributed by atoms with van der Waals surface area (Å²) in [6.07, 6.45) is 2.48. The Morgan fingerprint density at radius 3 is 2.69 bits per heavy atom. The van der Waals surface area contributed by atoms with Gasteiger partial charge in [-0.3, -0.25) is 9.48 Å². The van der Waals surface area contributed by atoms with Gasteiger partial charge in [0.15, 0.2) is 0 Å². The van der Waals surface area contributed by atoms with E-state index in [2.05, 4.69) is 29.6 Å². The molecular formula is C11H20N4O. The lowest BCUT2D eigenvalue weighted by molar-refractivity contribution is -0.118. The SMILES string of the molecule is CNC(CC(C)C)C(=O)Nc1ccnn1C. The molecule has 0 radical (unpaired) electrons. The molecule has 0 spiro atoms. The largest absolute Gasteiger partial charge is 0.310 e. The van der Waals surface area contributed by atoms with Crippen LogP contribution in [0, 0.1) is 5.92 Å². The smallest absolute Gasteiger partial charge is 0.242 e. The molecule has 0 saturated carbocycles. The van der Waals surface area contributed by atoms with Gasteiger partial charge >= 0.3 is 0 Å². The fourth-order valence-corrected chi connectivity index (χ4v) is 1.54. The van der Waals surface area contributed by atoms with E-state index in [9.17, 15) is 4.79 Å². The lowest BCUT2D eigenvalue weighted by Crippen LogP contribution is -2.39. The van der Waals surface area contributed by atoms with Crippen molar-refractivity contribution in [2.45, 2.75) is 26.3 Å². The van der Waals surface area contributed by atoms with Crippen LogP contribution in [-0.2, 0) is 11.8 Å². The second-order valence-electron chi connectivity index (χ2n) is 4.30. The summed E-state index contributed by atoms with van der Waals surface area (Å²) in [6.45, 7) is 4.20. The lowest BCUT2D eigenvalue weighted by atomic mass is 10.0. The summed E-state index contributed by atoms with van der Waals surface area (Å²) >= 11 is 0. The van der Waals surface area contributed by atoms with Gasteiger partial charge in [-0.25, -0.2) is 0 Å². The zero-order valence-electron chi connectivity index (χ0n) is 10.3. The van der Waals surface area contributed by atoms with E-state index in [1.165, 1.54) is 0 Å². The summed E-state index contributed by atoms with van der Waals surface area (Å²) in [5.74, 6) is 1.18. The average molecular weight is 224 g/mol. The summed E-state index contributed by atoms with van der Waals surface area (Å²) < 4.78 is 1.64. The highest BCUT2D eigenvalue weighted by atomic mass is 16.2. The van der Waals surface area contributed by atoms with E-state index in [-0.39, 0.29) is 11.9 Å². The topological polar surface area (TPSA) is 59.0 Å². The van der Waals surface area contributed by atoms with Gasteiger partial charge in [-0.1, -0.05) is 13.8 Å². The fourth-order valence-electron chi connectivity index (χ4n) is 1.54. The molecule has 0 bridgehead atoms. The summed E-state index contributed by atoms with van der Waals surface area (Å²) in [4.78, 5) is 11.9. The van der Waals surface area contributed by atoms with Crippen molar-refractivity contribution in [1.82, 2.24) is 15.1 Å². The van der Waals surface area contributed by atoms with Crippen LogP contribution in [0.3, 0.4) is 0 Å². The molecule has 1 atom stereocenters. The minimum Gasteiger partial charge on any atom is -0.310 e. The van der Waals surface area contributed by atoms with Crippen LogP contribution in [0.5, 0.6) is 0 Å². The first-order chi connectivity index (χ1) is 7.54. The van der Waals surface area contributed by atoms with Gasteiger partial charge < -0.3 is 10.6 Å². The predicted molar refractivity (Wildman–Crippen MR) is 64.1 cm³/mol. The zero-order chi connectivity index (χ0) is 12.1. The van der Waals surface area contributed by atoms with Gasteiger partial charge in [0, 0.05) is 13.1 Å². The highest BCUT2D eigenvalue weighted by Crippen LogP contribution is 2.08. The first-order valence-corrected chi connectivity index (χ1v) is 5.50. The molecule has 16 heavy (non-hydrogen) atoms. The molecule has 0 fully saturated rings. The number of aromatic nitrogens is 2. The molecule has 0 aliphatic rings. The Balaban J connectivity index is 2.59. The Labute approximate surface area is 96.2 Å². The maximum absolute atomic E-state index is 11.9. The van der Waals surface area contributed by atoms with Crippen LogP contribution in [0.2, 0.25) is 0 Å². The number of hydrogen-bond donors (Lipinski definition) is 2. The van der Waals surface area contributed by atoms with Crippen molar-refractivity contribution in [3.63, 3.8) is 0 Å². The van der Waals surface area contributed by atoms with Crippen LogP contribution < -0.4 is 10.6 Å². The lowest BCUT2D eigenvalue weighted by Gasteiger charge is -2.17. The molecule has 5 heteroatoms. The normalized spacial score (nSPS) is 12.8. The van der Waals surface area contributed by atoms with Crippen LogP contribution in [0.15, 0.2) is 12.3 Å². The van der Waals surface area contributed by atoms with Gasteiger partial charge in [0.05, 0.1) is 12.2 Å². The molecule has 5 nitrogen and oxygen atoms in total. The second-order valence-corrected chi connectivity index (χ2v) is 4.30. The van der Waals surface area contributed by atoms with E-state index in [4.69, 9.17) is 0 Å². The minimum atomic E-state index is -0.158. The highest BCUT2D eigenvalue weighted by molar-refractivity contribution is 5.94. The Morgan fingerprint density at radius 1 is 1.56 bits per heavy atom. The number of carbonyl (C=O) groups excluding carboxylic acids is 1. The first kappa shape index (κ1) is 12.7. The monoisotopic (exact) mass is 224 g/mol. The molecule has 1 amide bonds. The van der Waals surface area contributed by atoms with Crippen molar-refractivity contribution in [2.75, 3.05) is 12.4 Å². The Kier molecular flexibility index (Phi) is 4.49. The van der Waals surface area contributed by atoms with E-state index in [0.29, 0.717) is 11.7 Å². The standard InChI is InChI=1S/C11H20N4O/c1-8(2)7-9(12-3)11(16)14-10-5-6-13-15(10)4/h5-6,8-9,12H,7H2,1-4H3,(H,14,16). The second kappa shape index (κ2) is 5.65. The molecule has 1 rings (SSSR count). The molecule has 90 valence electrons. The molecule has 0 aliphatic heterocycles. The summed E-state index contributed by atoms with van der Waals surface area (Å²) in [7, 11) is 3.60. The summed E-state index contributed by atoms with van der Waals surface area (Å²) in [5.41, 5.74) is 0. The number of nitrogens with one attached hydrogen (secondary N) is 2. The van der Waals surface area contributed by atoms with Gasteiger partial charge in [0.1, 0.15) is 5.82 Å². The van der Waals surface area contributed by atoms with Crippen LogP contribution >= 0.6 is 0 Å². The van der Waals surface area contributed by atoms with E-state index < -0.39 is 0 Å². The Morgan fingerprint density at radius 2 is 2.25 bits per heavy atom. The molecule has 2 N–H and O–H groups in total. The van der Waals surface area contributed by atoms with Crippen molar-refractivity contribution >= 4 is 11.7 Å². The zero-order valence-corrected chi connectivity index (χ0v) is 10.3. The van der Waals surface area contributed by atoms with Gasteiger partial charge in [0.25, 0.3) is 0 Å². The van der Waals surface area contributed by atoms with Crippen LogP contribution in [0.1, 0.15) is 20.3 Å². The van der Waals surface area contributed by atoms with E-state index in [0.717, 1.165) is 6.42 Å². The van der Waals surface area contributed by atoms with Crippen molar-refractivity contribution in [1.29, 1.82) is 0 Å². The van der Waals surface area contributed by atoms with Gasteiger partial charge in [-0.05, 0) is 19.4 Å². The molecule has 1 unspecified atom stereocenters. The predicted octanol–water partition coefficient (Wildman–Crippen LogP) is 0.993. The molecule has 0 aromatic carbocycles. The summed E-state index contributed by atoms with van der Waals surface area (Å²) in [6, 6.07) is 1.62. The van der Waals surface area contributed by atoms with E-state index in [1.807, 2.05) is 0 Å². The number of nitrogens with zero attached hydrogens (tertiary/aromatic N) is 2. The fraction of sp³-hybridized carbons (Fsp3) is 0.636. The number of aryl methyl sites for hydroxylation is 1. The minimum absolute atomic E-state index is 0.0141. The molecule has 1 aromatic rings. The summed E-state index contributed by atoms with van der Waals surface area (Å²) in [5, 5.41) is 9.87. The molecule has 1 aromatic heterocycles. The van der Waals surface area contributed by atoms with Gasteiger partial charge in [-0.2, -0.15) is 5.10 Å². The van der Waals surface area contributed by atoms with E-state index >= 15 is 0 Å². The van der Waals surface area contributed by atoms with Crippen molar-refractivity contribution in [2.24, 2.45) is 13.0 Å². The van der Waals surface area contributed by atoms with Crippen molar-refractivity contribution < 1.29 is 4.79 Å². The third-order valence-electron chi connectivity index (χ3n) is 2.44. The van der Waals surface area contributed by atoms with Crippen LogP contribution in [0.4, 0.5) is 5.82 Å². The molecule has 1 heterocycles. The van der Waals surface area contributed by atoms with Crippen LogP contribution in [-0.4, -0.2) is 28.8 Å². The maximum atomic E-state index is 11.9. The van der Waals surface area contributed by atoms with Gasteiger partial charge in [0.2, 0.25) is 5.91 Å². The van der Waals surface area contributed by atoms with Gasteiger partial charge in [-0.15, -0.1) is 0 Å². The molecular weight excluding hydrogens is 204 g/mol. The van der Waals surface area contributed by atoms with E-state index in [1.54, 1.807) is 31.0 Å². The number of hydrogen-bond acceptors (Lipinski definition) is 3. The maximum Gasteiger partial charge on any atom is 0.242 e. The average Bonchev–Trinajstić information content (AvgIpc) is 2.60. The third kappa shape index (κ3) is 3.34. The van der Waals surface area contributed by atoms with Crippen molar-refractivity contribution in [3.8, 4) is 0 Å².